The second-order valence-corrected chi connectivity index (χ2v) is 8.66. The van der Waals surface area contributed by atoms with E-state index in [1.165, 1.54) is 12.1 Å². The lowest BCUT2D eigenvalue weighted by atomic mass is 9.77. The van der Waals surface area contributed by atoms with E-state index in [2.05, 4.69) is 41.4 Å². The van der Waals surface area contributed by atoms with Crippen LogP contribution in [0.25, 0.3) is 0 Å². The van der Waals surface area contributed by atoms with E-state index in [1.807, 2.05) is 65.4 Å². The van der Waals surface area contributed by atoms with Gasteiger partial charge in [-0.1, -0.05) is 103 Å². The Morgan fingerprint density at radius 1 is 0.806 bits per heavy atom. The normalized spacial score (nSPS) is 12.2. The molecule has 0 aliphatic rings. The summed E-state index contributed by atoms with van der Waals surface area (Å²) < 4.78 is 2.04. The minimum atomic E-state index is -0.923. The molecule has 0 bridgehead atoms. The topological polar surface area (TPSA) is 81.2 Å². The van der Waals surface area contributed by atoms with Crippen LogP contribution in [0.15, 0.2) is 128 Å². The fraction of sp³-hybridized carbons (Fsp3) is 0.100. The molecule has 5 rings (SSSR count). The number of imidazole rings is 1. The van der Waals surface area contributed by atoms with Gasteiger partial charge in [-0.2, -0.15) is 0 Å². The first-order valence-corrected chi connectivity index (χ1v) is 11.7. The third-order valence-corrected chi connectivity index (χ3v) is 6.46. The van der Waals surface area contributed by atoms with Gasteiger partial charge in [0.05, 0.1) is 16.9 Å². The summed E-state index contributed by atoms with van der Waals surface area (Å²) in [6.45, 7) is 0. The molecule has 0 saturated heterocycles. The quantitative estimate of drug-likeness (QED) is 0.172. The molecule has 178 valence electrons. The minimum absolute atomic E-state index is 0.00137. The number of hydrogen-bond acceptors (Lipinski definition) is 4. The van der Waals surface area contributed by atoms with Crippen molar-refractivity contribution >= 4 is 5.69 Å². The highest BCUT2D eigenvalue weighted by molar-refractivity contribution is 5.50. The maximum atomic E-state index is 11.2. The van der Waals surface area contributed by atoms with Crippen molar-refractivity contribution in [1.82, 2.24) is 9.55 Å². The Balaban J connectivity index is 1.62. The van der Waals surface area contributed by atoms with Crippen molar-refractivity contribution in [2.75, 3.05) is 0 Å². The van der Waals surface area contributed by atoms with Gasteiger partial charge in [-0.15, -0.1) is 0 Å². The van der Waals surface area contributed by atoms with Gasteiger partial charge in [0.25, 0.3) is 5.69 Å². The number of nitro groups is 1. The van der Waals surface area contributed by atoms with E-state index in [9.17, 15) is 15.2 Å². The maximum Gasteiger partial charge on any atom is 0.269 e. The van der Waals surface area contributed by atoms with E-state index >= 15 is 0 Å². The van der Waals surface area contributed by atoms with Crippen LogP contribution in [-0.4, -0.2) is 19.6 Å². The first kappa shape index (κ1) is 23.2. The van der Waals surface area contributed by atoms with Crippen LogP contribution in [0.3, 0.4) is 0 Å². The molecule has 0 amide bonds. The SMILES string of the molecule is O=[N+]([O-])c1cccc(CC(O)c2cn(C(c3ccccc3)(c3ccccc3)c3ccccc3)cn2)c1. The highest BCUT2D eigenvalue weighted by Gasteiger charge is 2.38. The van der Waals surface area contributed by atoms with Gasteiger partial charge >= 0.3 is 0 Å². The minimum Gasteiger partial charge on any atom is -0.386 e. The Morgan fingerprint density at radius 3 is 1.83 bits per heavy atom. The maximum absolute atomic E-state index is 11.2. The second kappa shape index (κ2) is 9.98. The van der Waals surface area contributed by atoms with Gasteiger partial charge in [0.15, 0.2) is 0 Å². The molecule has 1 N–H and O–H groups in total. The van der Waals surface area contributed by atoms with E-state index in [1.54, 1.807) is 18.5 Å². The summed E-state index contributed by atoms with van der Waals surface area (Å²) in [6, 6.07) is 37.0. The molecule has 1 aromatic heterocycles. The Bertz CT molecular complexity index is 1350. The summed E-state index contributed by atoms with van der Waals surface area (Å²) in [5.74, 6) is 0. The predicted molar refractivity (Wildman–Crippen MR) is 139 cm³/mol. The highest BCUT2D eigenvalue weighted by atomic mass is 16.6. The highest BCUT2D eigenvalue weighted by Crippen LogP contribution is 2.41. The lowest BCUT2D eigenvalue weighted by Gasteiger charge is -2.37. The Labute approximate surface area is 209 Å². The van der Waals surface area contributed by atoms with E-state index in [-0.39, 0.29) is 12.1 Å². The fourth-order valence-corrected chi connectivity index (χ4v) is 4.80. The Hall–Kier alpha value is -4.55. The van der Waals surface area contributed by atoms with E-state index in [4.69, 9.17) is 0 Å². The van der Waals surface area contributed by atoms with Crippen molar-refractivity contribution in [3.63, 3.8) is 0 Å². The third-order valence-electron chi connectivity index (χ3n) is 6.46. The van der Waals surface area contributed by atoms with Crippen LogP contribution < -0.4 is 0 Å². The van der Waals surface area contributed by atoms with E-state index in [0.29, 0.717) is 11.3 Å². The molecular weight excluding hydrogens is 450 g/mol. The molecule has 1 unspecified atom stereocenters. The summed E-state index contributed by atoms with van der Waals surface area (Å²) in [4.78, 5) is 15.3. The number of rotatable bonds is 8. The Kier molecular flexibility index (Phi) is 6.43. The number of aromatic nitrogens is 2. The average molecular weight is 476 g/mol. The molecule has 4 aromatic carbocycles. The Morgan fingerprint density at radius 2 is 1.33 bits per heavy atom. The zero-order valence-corrected chi connectivity index (χ0v) is 19.5. The number of aliphatic hydroxyl groups is 1. The smallest absolute Gasteiger partial charge is 0.269 e. The zero-order chi connectivity index (χ0) is 25.0. The summed E-state index contributed by atoms with van der Waals surface area (Å²) in [7, 11) is 0. The van der Waals surface area contributed by atoms with Crippen molar-refractivity contribution in [1.29, 1.82) is 0 Å². The van der Waals surface area contributed by atoms with Gasteiger partial charge in [0, 0.05) is 24.8 Å². The molecule has 0 spiro atoms. The molecule has 6 heteroatoms. The van der Waals surface area contributed by atoms with Crippen LogP contribution in [0.2, 0.25) is 0 Å². The van der Waals surface area contributed by atoms with Crippen LogP contribution in [0, 0.1) is 10.1 Å². The van der Waals surface area contributed by atoms with Gasteiger partial charge in [0.1, 0.15) is 11.6 Å². The second-order valence-electron chi connectivity index (χ2n) is 8.66. The third kappa shape index (κ3) is 4.30. The molecule has 0 aliphatic carbocycles. The number of nitro benzene ring substituents is 1. The van der Waals surface area contributed by atoms with Crippen molar-refractivity contribution in [2.45, 2.75) is 18.1 Å². The lowest BCUT2D eigenvalue weighted by Crippen LogP contribution is -2.37. The first-order valence-electron chi connectivity index (χ1n) is 11.7. The number of nitrogens with zero attached hydrogens (tertiary/aromatic N) is 3. The fourth-order valence-electron chi connectivity index (χ4n) is 4.80. The van der Waals surface area contributed by atoms with Gasteiger partial charge in [-0.05, 0) is 22.3 Å². The van der Waals surface area contributed by atoms with Crippen molar-refractivity contribution in [3.05, 3.63) is 166 Å². The molecule has 0 radical (unpaired) electrons. The van der Waals surface area contributed by atoms with Crippen LogP contribution >= 0.6 is 0 Å². The van der Waals surface area contributed by atoms with Crippen LogP contribution in [0.4, 0.5) is 5.69 Å². The summed E-state index contributed by atoms with van der Waals surface area (Å²) in [6.07, 6.45) is 2.91. The summed E-state index contributed by atoms with van der Waals surface area (Å²) in [5.41, 5.74) is 3.61. The van der Waals surface area contributed by atoms with E-state index in [0.717, 1.165) is 16.7 Å². The largest absolute Gasteiger partial charge is 0.386 e. The first-order chi connectivity index (χ1) is 17.6. The van der Waals surface area contributed by atoms with Crippen molar-refractivity contribution in [2.24, 2.45) is 0 Å². The molecule has 1 atom stereocenters. The standard InChI is InChI=1S/C30H25N3O3/c34-29(20-23-11-10-18-27(19-23)33(35)36)28-21-32(22-31-28)30(24-12-4-1-5-13-24,25-14-6-2-7-15-25)26-16-8-3-9-17-26/h1-19,21-22,29,34H,20H2. The predicted octanol–water partition coefficient (Wildman–Crippen LogP) is 5.91. The number of aliphatic hydroxyl groups excluding tert-OH is 1. The van der Waals surface area contributed by atoms with Gasteiger partial charge in [0.2, 0.25) is 0 Å². The summed E-state index contributed by atoms with van der Waals surface area (Å²) in [5, 5.41) is 22.2. The molecule has 0 fully saturated rings. The van der Waals surface area contributed by atoms with Gasteiger partial charge in [-0.25, -0.2) is 4.98 Å². The zero-order valence-electron chi connectivity index (χ0n) is 19.5. The van der Waals surface area contributed by atoms with E-state index < -0.39 is 16.6 Å². The number of benzene rings is 4. The lowest BCUT2D eigenvalue weighted by molar-refractivity contribution is -0.384. The van der Waals surface area contributed by atoms with Crippen LogP contribution in [-0.2, 0) is 12.0 Å². The number of hydrogen-bond donors (Lipinski definition) is 1. The number of non-ortho nitro benzene ring substituents is 1. The summed E-state index contributed by atoms with van der Waals surface area (Å²) >= 11 is 0. The van der Waals surface area contributed by atoms with Gasteiger partial charge in [-0.3, -0.25) is 10.1 Å². The monoisotopic (exact) mass is 475 g/mol. The van der Waals surface area contributed by atoms with Gasteiger partial charge < -0.3 is 9.67 Å². The average Bonchev–Trinajstić information content (AvgIpc) is 3.42. The molecule has 1 heterocycles. The molecular formula is C30H25N3O3. The van der Waals surface area contributed by atoms with Crippen LogP contribution in [0.5, 0.6) is 0 Å². The molecule has 0 aliphatic heterocycles. The molecule has 0 saturated carbocycles. The molecule has 6 nitrogen and oxygen atoms in total. The molecule has 36 heavy (non-hydrogen) atoms. The van der Waals surface area contributed by atoms with Crippen molar-refractivity contribution < 1.29 is 10.0 Å². The molecule has 5 aromatic rings. The van der Waals surface area contributed by atoms with Crippen LogP contribution in [0.1, 0.15) is 34.1 Å². The van der Waals surface area contributed by atoms with Crippen molar-refractivity contribution in [3.8, 4) is 0 Å².